The lowest BCUT2D eigenvalue weighted by Gasteiger charge is -2.11. The van der Waals surface area contributed by atoms with Gasteiger partial charge in [-0.15, -0.1) is 0 Å². The number of halogens is 2. The number of hydrogen-bond acceptors (Lipinski definition) is 1. The number of hydrogen-bond donors (Lipinski definition) is 0. The van der Waals surface area contributed by atoms with Crippen molar-refractivity contribution in [2.75, 3.05) is 0 Å². The summed E-state index contributed by atoms with van der Waals surface area (Å²) in [6, 6.07) is 14.4. The Balaban J connectivity index is 2.30. The molecule has 1 unspecified atom stereocenters. The summed E-state index contributed by atoms with van der Waals surface area (Å²) in [5.74, 6) is -0.359. The molecule has 1 nitrogen and oxygen atoms in total. The average Bonchev–Trinajstić information content (AvgIpc) is 2.38. The molecule has 0 aliphatic heterocycles. The Labute approximate surface area is 117 Å². The number of benzene rings is 2. The van der Waals surface area contributed by atoms with E-state index in [1.165, 1.54) is 6.07 Å². The predicted octanol–water partition coefficient (Wildman–Crippen LogP) is 4.75. The third-order valence-electron chi connectivity index (χ3n) is 3.11. The van der Waals surface area contributed by atoms with Gasteiger partial charge in [0.25, 0.3) is 0 Å². The van der Waals surface area contributed by atoms with Crippen molar-refractivity contribution in [3.05, 3.63) is 59.9 Å². The first kappa shape index (κ1) is 13.8. The van der Waals surface area contributed by atoms with Crippen LogP contribution in [0, 0.1) is 5.82 Å². The van der Waals surface area contributed by atoms with Gasteiger partial charge in [-0.05, 0) is 34.7 Å². The van der Waals surface area contributed by atoms with Crippen LogP contribution in [0.3, 0.4) is 0 Å². The van der Waals surface area contributed by atoms with Crippen LogP contribution in [-0.2, 0) is 4.79 Å². The van der Waals surface area contributed by atoms with Crippen LogP contribution in [0.25, 0.3) is 11.1 Å². The van der Waals surface area contributed by atoms with Crippen LogP contribution >= 0.6 is 11.6 Å². The highest BCUT2D eigenvalue weighted by molar-refractivity contribution is 6.63. The second-order valence-corrected chi connectivity index (χ2v) is 4.99. The van der Waals surface area contributed by atoms with Crippen LogP contribution in [-0.4, -0.2) is 5.24 Å². The van der Waals surface area contributed by atoms with Gasteiger partial charge in [0, 0.05) is 12.0 Å². The van der Waals surface area contributed by atoms with Crippen molar-refractivity contribution in [3.63, 3.8) is 0 Å². The molecule has 0 bridgehead atoms. The smallest absolute Gasteiger partial charge is 0.222 e. The average molecular weight is 277 g/mol. The largest absolute Gasteiger partial charge is 0.281 e. The normalized spacial score (nSPS) is 12.2. The van der Waals surface area contributed by atoms with Gasteiger partial charge in [0.05, 0.1) is 0 Å². The van der Waals surface area contributed by atoms with Crippen LogP contribution < -0.4 is 0 Å². The first-order chi connectivity index (χ1) is 9.08. The minimum atomic E-state index is -0.403. The maximum atomic E-state index is 14.1. The summed E-state index contributed by atoms with van der Waals surface area (Å²) >= 11 is 5.36. The van der Waals surface area contributed by atoms with E-state index in [0.717, 1.165) is 11.1 Å². The van der Waals surface area contributed by atoms with Gasteiger partial charge in [-0.2, -0.15) is 0 Å². The van der Waals surface area contributed by atoms with Gasteiger partial charge < -0.3 is 0 Å². The quantitative estimate of drug-likeness (QED) is 0.737. The molecule has 2 aromatic rings. The standard InChI is InChI=1S/C16H14ClFO/c1-11(9-16(17)19)13-7-8-14(15(18)10-13)12-5-3-2-4-6-12/h2-8,10-11H,9H2,1H3. The second kappa shape index (κ2) is 5.98. The van der Waals surface area contributed by atoms with Crippen molar-refractivity contribution in [1.82, 2.24) is 0 Å². The van der Waals surface area contributed by atoms with Crippen molar-refractivity contribution in [1.29, 1.82) is 0 Å². The van der Waals surface area contributed by atoms with Crippen LogP contribution in [0.15, 0.2) is 48.5 Å². The Hall–Kier alpha value is -1.67. The van der Waals surface area contributed by atoms with Crippen LogP contribution in [0.5, 0.6) is 0 Å². The molecule has 98 valence electrons. The summed E-state index contributed by atoms with van der Waals surface area (Å²) in [4.78, 5) is 10.9. The highest BCUT2D eigenvalue weighted by Crippen LogP contribution is 2.27. The first-order valence-corrected chi connectivity index (χ1v) is 6.49. The summed E-state index contributed by atoms with van der Waals surface area (Å²) in [6.07, 6.45) is 0.214. The minimum absolute atomic E-state index is 0.0793. The predicted molar refractivity (Wildman–Crippen MR) is 75.7 cm³/mol. The summed E-state index contributed by atoms with van der Waals surface area (Å²) in [5, 5.41) is -0.403. The third-order valence-corrected chi connectivity index (χ3v) is 3.27. The molecule has 0 aliphatic rings. The minimum Gasteiger partial charge on any atom is -0.281 e. The lowest BCUT2D eigenvalue weighted by Crippen LogP contribution is -1.99. The Bertz CT molecular complexity index is 581. The molecule has 0 spiro atoms. The zero-order valence-corrected chi connectivity index (χ0v) is 11.3. The van der Waals surface area contributed by atoms with E-state index in [4.69, 9.17) is 11.6 Å². The van der Waals surface area contributed by atoms with Crippen molar-refractivity contribution < 1.29 is 9.18 Å². The lowest BCUT2D eigenvalue weighted by molar-refractivity contribution is -0.111. The van der Waals surface area contributed by atoms with Gasteiger partial charge in [0.2, 0.25) is 5.24 Å². The number of carbonyl (C=O) groups is 1. The molecule has 1 atom stereocenters. The van der Waals surface area contributed by atoms with Crippen LogP contribution in [0.4, 0.5) is 4.39 Å². The van der Waals surface area contributed by atoms with E-state index in [-0.39, 0.29) is 18.2 Å². The van der Waals surface area contributed by atoms with Gasteiger partial charge in [0.15, 0.2) is 0 Å². The maximum Gasteiger partial charge on any atom is 0.222 e. The van der Waals surface area contributed by atoms with E-state index < -0.39 is 5.24 Å². The van der Waals surface area contributed by atoms with Gasteiger partial charge in [-0.3, -0.25) is 4.79 Å². The van der Waals surface area contributed by atoms with Crippen molar-refractivity contribution in [3.8, 4) is 11.1 Å². The molecule has 0 saturated heterocycles. The molecule has 19 heavy (non-hydrogen) atoms. The Kier molecular flexibility index (Phi) is 4.33. The molecule has 0 fully saturated rings. The molecule has 0 N–H and O–H groups in total. The Morgan fingerprint density at radius 2 is 1.89 bits per heavy atom. The van der Waals surface area contributed by atoms with Gasteiger partial charge in [0.1, 0.15) is 5.82 Å². The summed E-state index contributed by atoms with van der Waals surface area (Å²) in [7, 11) is 0. The van der Waals surface area contributed by atoms with Crippen molar-refractivity contribution in [2.45, 2.75) is 19.3 Å². The number of carbonyl (C=O) groups excluding carboxylic acids is 1. The van der Waals surface area contributed by atoms with Gasteiger partial charge >= 0.3 is 0 Å². The SMILES string of the molecule is CC(CC(=O)Cl)c1ccc(-c2ccccc2)c(F)c1. The topological polar surface area (TPSA) is 17.1 Å². The van der Waals surface area contributed by atoms with E-state index in [1.807, 2.05) is 43.3 Å². The van der Waals surface area contributed by atoms with Crippen LogP contribution in [0.2, 0.25) is 0 Å². The fourth-order valence-corrected chi connectivity index (χ4v) is 2.28. The third kappa shape index (κ3) is 3.42. The van der Waals surface area contributed by atoms with E-state index in [0.29, 0.717) is 5.56 Å². The summed E-state index contributed by atoms with van der Waals surface area (Å²) in [5.41, 5.74) is 2.19. The highest BCUT2D eigenvalue weighted by atomic mass is 35.5. The van der Waals surface area contributed by atoms with Gasteiger partial charge in [-0.25, -0.2) is 4.39 Å². The molecular formula is C16H14ClFO. The van der Waals surface area contributed by atoms with E-state index in [1.54, 1.807) is 6.07 Å². The molecule has 2 rings (SSSR count). The summed E-state index contributed by atoms with van der Waals surface area (Å²) < 4.78 is 14.1. The Morgan fingerprint density at radius 3 is 2.47 bits per heavy atom. The molecule has 0 aliphatic carbocycles. The zero-order chi connectivity index (χ0) is 13.8. The monoisotopic (exact) mass is 276 g/mol. The van der Waals surface area contributed by atoms with E-state index in [2.05, 4.69) is 0 Å². The number of rotatable bonds is 4. The molecule has 0 saturated carbocycles. The molecule has 0 heterocycles. The van der Waals surface area contributed by atoms with Crippen LogP contribution in [0.1, 0.15) is 24.8 Å². The molecular weight excluding hydrogens is 263 g/mol. The molecule has 0 radical (unpaired) electrons. The first-order valence-electron chi connectivity index (χ1n) is 6.11. The fourth-order valence-electron chi connectivity index (χ4n) is 2.05. The van der Waals surface area contributed by atoms with E-state index >= 15 is 0 Å². The second-order valence-electron chi connectivity index (χ2n) is 4.57. The van der Waals surface area contributed by atoms with Gasteiger partial charge in [-0.1, -0.05) is 49.4 Å². The lowest BCUT2D eigenvalue weighted by atomic mass is 9.95. The fraction of sp³-hybridized carbons (Fsp3) is 0.188. The molecule has 2 aromatic carbocycles. The maximum absolute atomic E-state index is 14.1. The Morgan fingerprint density at radius 1 is 1.21 bits per heavy atom. The van der Waals surface area contributed by atoms with E-state index in [9.17, 15) is 9.18 Å². The molecule has 0 aromatic heterocycles. The highest BCUT2D eigenvalue weighted by Gasteiger charge is 2.12. The summed E-state index contributed by atoms with van der Waals surface area (Å²) in [6.45, 7) is 1.86. The van der Waals surface area contributed by atoms with Crippen molar-refractivity contribution in [2.24, 2.45) is 0 Å². The van der Waals surface area contributed by atoms with Crippen molar-refractivity contribution >= 4 is 16.8 Å². The zero-order valence-electron chi connectivity index (χ0n) is 10.6. The molecule has 0 amide bonds. The molecule has 3 heteroatoms.